The van der Waals surface area contributed by atoms with E-state index >= 15 is 0 Å². The molecule has 3 N–H and O–H groups in total. The largest absolute Gasteiger partial charge is 0.378 e. The van der Waals surface area contributed by atoms with E-state index in [1.165, 1.54) is 0 Å². The van der Waals surface area contributed by atoms with Gasteiger partial charge in [0.25, 0.3) is 0 Å². The Bertz CT molecular complexity index is 423. The van der Waals surface area contributed by atoms with Crippen molar-refractivity contribution in [3.05, 3.63) is 28.7 Å². The molecule has 0 radical (unpaired) electrons. The minimum absolute atomic E-state index is 0.0587. The molecular weight excluding hydrogens is 304 g/mol. The van der Waals surface area contributed by atoms with E-state index in [0.717, 1.165) is 36.0 Å². The maximum absolute atomic E-state index is 6.06. The van der Waals surface area contributed by atoms with E-state index < -0.39 is 0 Å². The fourth-order valence-electron chi connectivity index (χ4n) is 2.75. The summed E-state index contributed by atoms with van der Waals surface area (Å²) in [6, 6.07) is 8.26. The van der Waals surface area contributed by atoms with Gasteiger partial charge in [-0.2, -0.15) is 0 Å². The quantitative estimate of drug-likeness (QED) is 0.889. The average molecular weight is 327 g/mol. The third kappa shape index (κ3) is 3.50. The monoisotopic (exact) mass is 326 g/mol. The molecule has 1 saturated heterocycles. The van der Waals surface area contributed by atoms with Gasteiger partial charge in [0.2, 0.25) is 0 Å². The van der Waals surface area contributed by atoms with Crippen molar-refractivity contribution < 1.29 is 4.74 Å². The molecule has 1 heterocycles. The first-order valence-corrected chi connectivity index (χ1v) is 7.68. The molecule has 1 fully saturated rings. The van der Waals surface area contributed by atoms with Gasteiger partial charge in [0.05, 0.1) is 11.1 Å². The number of hydrogen-bond acceptors (Lipinski definition) is 3. The number of nitrogens with two attached hydrogens (primary N) is 1. The number of rotatable bonds is 4. The summed E-state index contributed by atoms with van der Waals surface area (Å²) in [5, 5.41) is 3.63. The standard InChI is InChI=1S/C15H23BrN2O/c1-3-14(2)10-15(11-17,8-9-19-14)18-13-6-4-12(16)5-7-13/h4-7,18H,3,8-11,17H2,1-2H3. The van der Waals surface area contributed by atoms with Gasteiger partial charge in [-0.05, 0) is 44.0 Å². The first-order valence-electron chi connectivity index (χ1n) is 6.89. The number of benzene rings is 1. The Labute approximate surface area is 124 Å². The minimum Gasteiger partial charge on any atom is -0.378 e. The lowest BCUT2D eigenvalue weighted by Crippen LogP contribution is -2.55. The molecule has 0 amide bonds. The summed E-state index contributed by atoms with van der Waals surface area (Å²) in [5.41, 5.74) is 7.06. The zero-order chi connectivity index (χ0) is 13.9. The van der Waals surface area contributed by atoms with Gasteiger partial charge >= 0.3 is 0 Å². The van der Waals surface area contributed by atoms with Crippen molar-refractivity contribution >= 4 is 21.6 Å². The molecular formula is C15H23BrN2O. The van der Waals surface area contributed by atoms with E-state index in [-0.39, 0.29) is 11.1 Å². The van der Waals surface area contributed by atoms with Gasteiger partial charge in [-0.25, -0.2) is 0 Å². The molecule has 106 valence electrons. The number of hydrogen-bond donors (Lipinski definition) is 2. The van der Waals surface area contributed by atoms with Crippen LogP contribution in [0.3, 0.4) is 0 Å². The second kappa shape index (κ2) is 5.81. The third-order valence-electron chi connectivity index (χ3n) is 4.14. The van der Waals surface area contributed by atoms with E-state index in [9.17, 15) is 0 Å². The van der Waals surface area contributed by atoms with Crippen molar-refractivity contribution in [2.45, 2.75) is 44.2 Å². The maximum Gasteiger partial charge on any atom is 0.0674 e. The van der Waals surface area contributed by atoms with Gasteiger partial charge in [-0.3, -0.25) is 0 Å². The van der Waals surface area contributed by atoms with Crippen LogP contribution in [-0.2, 0) is 4.74 Å². The number of ether oxygens (including phenoxy) is 1. The first kappa shape index (κ1) is 14.8. The molecule has 3 nitrogen and oxygen atoms in total. The molecule has 1 aliphatic rings. The van der Waals surface area contributed by atoms with Crippen LogP contribution in [0, 0.1) is 0 Å². The van der Waals surface area contributed by atoms with Crippen molar-refractivity contribution in [3.63, 3.8) is 0 Å². The van der Waals surface area contributed by atoms with Crippen molar-refractivity contribution in [1.29, 1.82) is 0 Å². The zero-order valence-electron chi connectivity index (χ0n) is 11.7. The van der Waals surface area contributed by atoms with E-state index in [1.54, 1.807) is 0 Å². The molecule has 1 aliphatic heterocycles. The highest BCUT2D eigenvalue weighted by Crippen LogP contribution is 2.36. The fourth-order valence-corrected chi connectivity index (χ4v) is 3.01. The van der Waals surface area contributed by atoms with Crippen LogP contribution >= 0.6 is 15.9 Å². The highest BCUT2D eigenvalue weighted by atomic mass is 79.9. The Morgan fingerprint density at radius 2 is 2.05 bits per heavy atom. The summed E-state index contributed by atoms with van der Waals surface area (Å²) in [4.78, 5) is 0. The molecule has 0 saturated carbocycles. The predicted molar refractivity (Wildman–Crippen MR) is 83.4 cm³/mol. The average Bonchev–Trinajstić information content (AvgIpc) is 2.42. The van der Waals surface area contributed by atoms with Gasteiger partial charge in [0.1, 0.15) is 0 Å². The molecule has 1 aromatic rings. The van der Waals surface area contributed by atoms with Crippen LogP contribution in [0.4, 0.5) is 5.69 Å². The third-order valence-corrected chi connectivity index (χ3v) is 4.66. The molecule has 0 aromatic heterocycles. The van der Waals surface area contributed by atoms with Crippen LogP contribution in [0.2, 0.25) is 0 Å². The summed E-state index contributed by atoms with van der Waals surface area (Å²) >= 11 is 3.46. The normalized spacial score (nSPS) is 31.2. The summed E-state index contributed by atoms with van der Waals surface area (Å²) in [5.74, 6) is 0. The topological polar surface area (TPSA) is 47.3 Å². The highest BCUT2D eigenvalue weighted by molar-refractivity contribution is 9.10. The first-order chi connectivity index (χ1) is 9.01. The Kier molecular flexibility index (Phi) is 4.54. The Balaban J connectivity index is 2.16. The van der Waals surface area contributed by atoms with Crippen LogP contribution in [0.15, 0.2) is 28.7 Å². The summed E-state index contributed by atoms with van der Waals surface area (Å²) in [6.45, 7) is 5.75. The SMILES string of the molecule is CCC1(C)CC(CN)(Nc2ccc(Br)cc2)CCO1. The zero-order valence-corrected chi connectivity index (χ0v) is 13.3. The number of anilines is 1. The van der Waals surface area contributed by atoms with Crippen molar-refractivity contribution in [3.8, 4) is 0 Å². The summed E-state index contributed by atoms with van der Waals surface area (Å²) in [7, 11) is 0. The second-order valence-corrected chi connectivity index (χ2v) is 6.61. The molecule has 0 spiro atoms. The molecule has 19 heavy (non-hydrogen) atoms. The van der Waals surface area contributed by atoms with Gasteiger partial charge < -0.3 is 15.8 Å². The van der Waals surface area contributed by atoms with E-state index in [2.05, 4.69) is 47.2 Å². The molecule has 2 unspecified atom stereocenters. The number of halogens is 1. The summed E-state index contributed by atoms with van der Waals surface area (Å²) in [6.07, 6.45) is 2.91. The van der Waals surface area contributed by atoms with Crippen LogP contribution in [0.5, 0.6) is 0 Å². The van der Waals surface area contributed by atoms with Crippen molar-refractivity contribution in [2.24, 2.45) is 5.73 Å². The van der Waals surface area contributed by atoms with Gasteiger partial charge in [0.15, 0.2) is 0 Å². The van der Waals surface area contributed by atoms with Crippen LogP contribution < -0.4 is 11.1 Å². The van der Waals surface area contributed by atoms with Gasteiger partial charge in [-0.1, -0.05) is 22.9 Å². The molecule has 2 atom stereocenters. The smallest absolute Gasteiger partial charge is 0.0674 e. The van der Waals surface area contributed by atoms with Crippen molar-refractivity contribution in [1.82, 2.24) is 0 Å². The van der Waals surface area contributed by atoms with Gasteiger partial charge in [-0.15, -0.1) is 0 Å². The molecule has 1 aromatic carbocycles. The van der Waals surface area contributed by atoms with E-state index in [0.29, 0.717) is 6.54 Å². The van der Waals surface area contributed by atoms with Gasteiger partial charge in [0, 0.05) is 29.7 Å². The van der Waals surface area contributed by atoms with Crippen LogP contribution in [0.25, 0.3) is 0 Å². The van der Waals surface area contributed by atoms with Crippen molar-refractivity contribution in [2.75, 3.05) is 18.5 Å². The lowest BCUT2D eigenvalue weighted by molar-refractivity contribution is -0.0882. The van der Waals surface area contributed by atoms with E-state index in [4.69, 9.17) is 10.5 Å². The second-order valence-electron chi connectivity index (χ2n) is 5.70. The molecule has 0 bridgehead atoms. The maximum atomic E-state index is 6.06. The lowest BCUT2D eigenvalue weighted by Gasteiger charge is -2.46. The fraction of sp³-hybridized carbons (Fsp3) is 0.600. The van der Waals surface area contributed by atoms with E-state index in [1.807, 2.05) is 12.1 Å². The lowest BCUT2D eigenvalue weighted by atomic mass is 9.79. The summed E-state index contributed by atoms with van der Waals surface area (Å²) < 4.78 is 7.01. The minimum atomic E-state index is -0.0695. The number of nitrogens with one attached hydrogen (secondary N) is 1. The van der Waals surface area contributed by atoms with Crippen LogP contribution in [0.1, 0.15) is 33.1 Å². The Hall–Kier alpha value is -0.580. The molecule has 2 rings (SSSR count). The Morgan fingerprint density at radius 3 is 2.63 bits per heavy atom. The Morgan fingerprint density at radius 1 is 1.37 bits per heavy atom. The molecule has 0 aliphatic carbocycles. The molecule has 4 heteroatoms. The predicted octanol–water partition coefficient (Wildman–Crippen LogP) is 3.54. The highest BCUT2D eigenvalue weighted by Gasteiger charge is 2.41. The van der Waals surface area contributed by atoms with Crippen LogP contribution in [-0.4, -0.2) is 24.3 Å².